The van der Waals surface area contributed by atoms with Crippen LogP contribution in [0.25, 0.3) is 11.3 Å². The van der Waals surface area contributed by atoms with Crippen LogP contribution in [0.1, 0.15) is 72.5 Å². The first-order chi connectivity index (χ1) is 32.4. The minimum atomic E-state index is -0.283. The number of anilines is 2. The molecule has 6 aromatic rings. The molecule has 1 unspecified atom stereocenters. The lowest BCUT2D eigenvalue weighted by molar-refractivity contribution is -0.131. The number of aromatic hydroxyl groups is 1. The van der Waals surface area contributed by atoms with E-state index < -0.39 is 0 Å². The first-order valence-electron chi connectivity index (χ1n) is 23.1. The number of carbonyl (C=O) groups is 3. The minimum absolute atomic E-state index is 0.0206. The summed E-state index contributed by atoms with van der Waals surface area (Å²) in [5.74, 6) is 3.22. The minimum Gasteiger partial charge on any atom is -0.508 e. The fourth-order valence-electron chi connectivity index (χ4n) is 9.73. The van der Waals surface area contributed by atoms with Gasteiger partial charge < -0.3 is 33.5 Å². The van der Waals surface area contributed by atoms with Gasteiger partial charge in [0.25, 0.3) is 11.8 Å². The summed E-state index contributed by atoms with van der Waals surface area (Å²) in [6.07, 6.45) is 7.49. The van der Waals surface area contributed by atoms with Crippen molar-refractivity contribution in [3.8, 4) is 35.1 Å². The molecule has 67 heavy (non-hydrogen) atoms. The number of carbonyl (C=O) groups excluding carboxylic acids is 3. The van der Waals surface area contributed by atoms with Gasteiger partial charge in [-0.3, -0.25) is 24.2 Å². The van der Waals surface area contributed by atoms with Gasteiger partial charge in [-0.2, -0.15) is 0 Å². The van der Waals surface area contributed by atoms with Crippen molar-refractivity contribution in [2.75, 3.05) is 50.9 Å². The normalized spacial score (nSPS) is 16.0. The van der Waals surface area contributed by atoms with Crippen molar-refractivity contribution >= 4 is 29.1 Å². The summed E-state index contributed by atoms with van der Waals surface area (Å²) in [4.78, 5) is 52.0. The van der Waals surface area contributed by atoms with E-state index in [0.29, 0.717) is 60.9 Å². The van der Waals surface area contributed by atoms with E-state index in [4.69, 9.17) is 15.9 Å². The lowest BCUT2D eigenvalue weighted by Gasteiger charge is -2.36. The highest BCUT2D eigenvalue weighted by atomic mass is 16.5. The fourth-order valence-corrected chi connectivity index (χ4v) is 9.73. The van der Waals surface area contributed by atoms with Gasteiger partial charge in [-0.1, -0.05) is 42.3 Å². The van der Waals surface area contributed by atoms with Crippen LogP contribution in [0.5, 0.6) is 11.5 Å². The van der Waals surface area contributed by atoms with Crippen LogP contribution in [-0.4, -0.2) is 98.7 Å². The fraction of sp³-hybridized carbons (Fsp3) is 0.327. The van der Waals surface area contributed by atoms with E-state index in [-0.39, 0.29) is 35.9 Å². The van der Waals surface area contributed by atoms with E-state index >= 15 is 9.59 Å². The topological polar surface area (TPSA) is 113 Å². The van der Waals surface area contributed by atoms with Crippen LogP contribution in [0, 0.1) is 26.2 Å². The van der Waals surface area contributed by atoms with Crippen LogP contribution in [0.2, 0.25) is 0 Å². The lowest BCUT2D eigenvalue weighted by Crippen LogP contribution is -2.43. The molecule has 12 heteroatoms. The second-order valence-corrected chi connectivity index (χ2v) is 18.1. The molecule has 1 N–H and O–H groups in total. The molecule has 3 amide bonds. The van der Waals surface area contributed by atoms with Gasteiger partial charge in [0.2, 0.25) is 5.91 Å². The van der Waals surface area contributed by atoms with E-state index in [1.807, 2.05) is 101 Å². The molecule has 0 bridgehead atoms. The number of phenolic OH excluding ortho intramolecular Hbond substituents is 1. The maximum Gasteiger partial charge on any atom is 0.264 e. The highest BCUT2D eigenvalue weighted by Crippen LogP contribution is 2.38. The van der Waals surface area contributed by atoms with Gasteiger partial charge in [-0.25, -0.2) is 0 Å². The van der Waals surface area contributed by atoms with E-state index in [0.717, 1.165) is 89.9 Å². The monoisotopic (exact) mass is 898 g/mol. The molecule has 1 atom stereocenters. The number of benzene rings is 4. The third kappa shape index (κ3) is 9.09. The van der Waals surface area contributed by atoms with Crippen molar-refractivity contribution < 1.29 is 29.0 Å². The molecule has 3 aliphatic rings. The Morgan fingerprint density at radius 2 is 1.55 bits per heavy atom. The summed E-state index contributed by atoms with van der Waals surface area (Å²) >= 11 is 0. The number of nitrogens with zero attached hydrogens (tertiary/aromatic N) is 6. The quantitative estimate of drug-likeness (QED) is 0.133. The van der Waals surface area contributed by atoms with Gasteiger partial charge in [0, 0.05) is 93.3 Å². The number of hydrogen-bond donors (Lipinski definition) is 1. The summed E-state index contributed by atoms with van der Waals surface area (Å²) < 4.78 is 15.3. The van der Waals surface area contributed by atoms with Gasteiger partial charge in [0.15, 0.2) is 0 Å². The van der Waals surface area contributed by atoms with E-state index in [1.165, 1.54) is 5.56 Å². The summed E-state index contributed by atoms with van der Waals surface area (Å²) in [6.45, 7) is 12.1. The Labute approximate surface area is 392 Å². The SMILES string of the molecule is C#Cc1cc(N(C(=O)c2cc(-c3cc4c(cc3C(=O)N3Cc5ccccc5CC3C)CN(C(=O)Cc3ccc(OCCN5CCOCC5)cc3)CC4)n(C)c2C)c2ccc(O)cc2)c(C)n1C. The molecule has 0 aliphatic carbocycles. The zero-order chi connectivity index (χ0) is 46.9. The van der Waals surface area contributed by atoms with Crippen LogP contribution in [0.4, 0.5) is 11.4 Å². The zero-order valence-electron chi connectivity index (χ0n) is 39.0. The van der Waals surface area contributed by atoms with Gasteiger partial charge in [0.1, 0.15) is 18.1 Å². The summed E-state index contributed by atoms with van der Waals surface area (Å²) in [7, 11) is 3.79. The number of aromatic nitrogens is 2. The zero-order valence-corrected chi connectivity index (χ0v) is 39.0. The first-order valence-corrected chi connectivity index (χ1v) is 23.1. The summed E-state index contributed by atoms with van der Waals surface area (Å²) in [6, 6.07) is 30.3. The number of ether oxygens (including phenoxy) is 2. The second-order valence-electron chi connectivity index (χ2n) is 18.1. The van der Waals surface area contributed by atoms with Gasteiger partial charge in [-0.15, -0.1) is 6.42 Å². The van der Waals surface area contributed by atoms with E-state index in [9.17, 15) is 9.90 Å². The van der Waals surface area contributed by atoms with Gasteiger partial charge in [-0.05, 0) is 122 Å². The molecule has 0 radical (unpaired) electrons. The Hall–Kier alpha value is -7.07. The highest BCUT2D eigenvalue weighted by molar-refractivity contribution is 6.13. The molecule has 344 valence electrons. The molecule has 5 heterocycles. The van der Waals surface area contributed by atoms with Crippen molar-refractivity contribution in [1.29, 1.82) is 0 Å². The molecule has 12 nitrogen and oxygen atoms in total. The van der Waals surface area contributed by atoms with Crippen LogP contribution in [0.3, 0.4) is 0 Å². The predicted octanol–water partition coefficient (Wildman–Crippen LogP) is 7.74. The summed E-state index contributed by atoms with van der Waals surface area (Å²) in [5, 5.41) is 10.2. The third-order valence-electron chi connectivity index (χ3n) is 14.0. The van der Waals surface area contributed by atoms with Gasteiger partial charge in [0.05, 0.1) is 36.6 Å². The smallest absolute Gasteiger partial charge is 0.264 e. The van der Waals surface area contributed by atoms with E-state index in [2.05, 4.69) is 35.9 Å². The lowest BCUT2D eigenvalue weighted by atomic mass is 9.89. The molecule has 1 fully saturated rings. The maximum atomic E-state index is 15.2. The molecule has 2 aromatic heterocycles. The Morgan fingerprint density at radius 1 is 0.821 bits per heavy atom. The predicted molar refractivity (Wildman–Crippen MR) is 260 cm³/mol. The highest BCUT2D eigenvalue weighted by Gasteiger charge is 2.33. The third-order valence-corrected chi connectivity index (χ3v) is 14.0. The van der Waals surface area contributed by atoms with Crippen molar-refractivity contribution in [3.63, 3.8) is 0 Å². The van der Waals surface area contributed by atoms with Crippen molar-refractivity contribution in [1.82, 2.24) is 23.8 Å². The van der Waals surface area contributed by atoms with Gasteiger partial charge >= 0.3 is 0 Å². The Bertz CT molecular complexity index is 2880. The first kappa shape index (κ1) is 45.1. The van der Waals surface area contributed by atoms with Crippen LogP contribution < -0.4 is 9.64 Å². The Kier molecular flexibility index (Phi) is 12.8. The average Bonchev–Trinajstić information content (AvgIpc) is 3.80. The number of phenols is 1. The molecule has 0 spiro atoms. The number of morpholine rings is 1. The maximum absolute atomic E-state index is 15.2. The van der Waals surface area contributed by atoms with Crippen LogP contribution in [-0.2, 0) is 56.0 Å². The van der Waals surface area contributed by atoms with Crippen molar-refractivity contribution in [2.24, 2.45) is 14.1 Å². The van der Waals surface area contributed by atoms with Crippen LogP contribution >= 0.6 is 0 Å². The number of amides is 3. The molecular formula is C55H58N6O6. The number of hydrogen-bond acceptors (Lipinski definition) is 7. The molecule has 9 rings (SSSR count). The standard InChI is InChI=1S/C55H58N6O6/c1-7-44-32-51(38(4)56(44)5)61(45-14-16-46(62)17-15-45)55(65)48-33-52(57(6)37(48)3)49-30-41-20-21-59(53(63)29-39-12-18-47(19-13-39)67-27-24-58-22-25-66-26-23-58)34-43(41)31-50(49)54(64)60-35-42-11-9-8-10-40(42)28-36(60)2/h1,8-19,30-33,36,62H,20-29,34-35H2,2-6H3. The summed E-state index contributed by atoms with van der Waals surface area (Å²) in [5.41, 5.74) is 11.0. The van der Waals surface area contributed by atoms with Crippen molar-refractivity contribution in [3.05, 3.63) is 153 Å². The van der Waals surface area contributed by atoms with Crippen molar-refractivity contribution in [2.45, 2.75) is 59.2 Å². The molecular weight excluding hydrogens is 841 g/mol. The number of rotatable bonds is 11. The Morgan fingerprint density at radius 3 is 2.27 bits per heavy atom. The molecule has 0 saturated carbocycles. The Balaban J connectivity index is 1.03. The second kappa shape index (κ2) is 19.0. The van der Waals surface area contributed by atoms with E-state index in [1.54, 1.807) is 29.2 Å². The van der Waals surface area contributed by atoms with Crippen LogP contribution in [0.15, 0.2) is 97.1 Å². The molecule has 4 aromatic carbocycles. The largest absolute Gasteiger partial charge is 0.508 e. The molecule has 3 aliphatic heterocycles. The average molecular weight is 899 g/mol. The number of terminal acetylenes is 1. The number of fused-ring (bicyclic) bond motifs is 2. The molecule has 1 saturated heterocycles.